The maximum atomic E-state index is 12.9. The first-order valence-corrected chi connectivity index (χ1v) is 9.88. The Balaban J connectivity index is 1.62. The SMILES string of the molecule is COC(=O)c1ccc(CNC(=O)CN2C(=O)N[C@](C)(c3cccc(Br)c3)C2=O)cc1. The van der Waals surface area contributed by atoms with Crippen LogP contribution in [0.3, 0.4) is 0 Å². The Bertz CT molecular complexity index is 1010. The second-order valence-corrected chi connectivity index (χ2v) is 7.84. The number of hydrogen-bond acceptors (Lipinski definition) is 5. The van der Waals surface area contributed by atoms with Crippen LogP contribution in [0.1, 0.15) is 28.4 Å². The fraction of sp³-hybridized carbons (Fsp3) is 0.238. The molecule has 0 aliphatic carbocycles. The van der Waals surface area contributed by atoms with Gasteiger partial charge in [0.05, 0.1) is 12.7 Å². The molecule has 1 heterocycles. The van der Waals surface area contributed by atoms with Crippen molar-refractivity contribution in [1.29, 1.82) is 0 Å². The number of nitrogens with one attached hydrogen (secondary N) is 2. The van der Waals surface area contributed by atoms with Gasteiger partial charge in [-0.15, -0.1) is 0 Å². The molecule has 2 aromatic carbocycles. The Morgan fingerprint density at radius 1 is 1.17 bits per heavy atom. The molecule has 1 atom stereocenters. The second kappa shape index (κ2) is 8.66. The quantitative estimate of drug-likeness (QED) is 0.494. The molecule has 4 amide bonds. The summed E-state index contributed by atoms with van der Waals surface area (Å²) in [5.41, 5.74) is 0.528. The zero-order valence-electron chi connectivity index (χ0n) is 16.4. The van der Waals surface area contributed by atoms with Crippen LogP contribution in [0.2, 0.25) is 0 Å². The van der Waals surface area contributed by atoms with Gasteiger partial charge in [-0.1, -0.05) is 40.2 Å². The topological polar surface area (TPSA) is 105 Å². The number of benzene rings is 2. The van der Waals surface area contributed by atoms with E-state index in [1.165, 1.54) is 7.11 Å². The number of amides is 4. The zero-order valence-corrected chi connectivity index (χ0v) is 18.0. The van der Waals surface area contributed by atoms with E-state index in [1.807, 2.05) is 6.07 Å². The number of urea groups is 1. The van der Waals surface area contributed by atoms with Crippen LogP contribution in [0.25, 0.3) is 0 Å². The number of carbonyl (C=O) groups is 4. The number of imide groups is 1. The predicted octanol–water partition coefficient (Wildman–Crippen LogP) is 2.32. The van der Waals surface area contributed by atoms with Crippen LogP contribution >= 0.6 is 15.9 Å². The number of hydrogen-bond donors (Lipinski definition) is 2. The van der Waals surface area contributed by atoms with E-state index in [1.54, 1.807) is 49.4 Å². The molecule has 0 radical (unpaired) electrons. The Kier molecular flexibility index (Phi) is 6.21. The molecule has 0 spiro atoms. The van der Waals surface area contributed by atoms with Gasteiger partial charge in [0.2, 0.25) is 5.91 Å². The molecule has 8 nitrogen and oxygen atoms in total. The highest BCUT2D eigenvalue weighted by Gasteiger charge is 2.49. The summed E-state index contributed by atoms with van der Waals surface area (Å²) in [7, 11) is 1.30. The highest BCUT2D eigenvalue weighted by atomic mass is 79.9. The first-order chi connectivity index (χ1) is 14.2. The monoisotopic (exact) mass is 473 g/mol. The zero-order chi connectivity index (χ0) is 21.9. The average molecular weight is 474 g/mol. The summed E-state index contributed by atoms with van der Waals surface area (Å²) in [6.45, 7) is 1.40. The van der Waals surface area contributed by atoms with Crippen LogP contribution in [-0.4, -0.2) is 42.4 Å². The minimum atomic E-state index is -1.25. The van der Waals surface area contributed by atoms with Crippen molar-refractivity contribution in [3.05, 3.63) is 69.7 Å². The molecule has 0 aromatic heterocycles. The van der Waals surface area contributed by atoms with Crippen molar-refractivity contribution in [1.82, 2.24) is 15.5 Å². The van der Waals surface area contributed by atoms with Crippen molar-refractivity contribution < 1.29 is 23.9 Å². The molecule has 156 valence electrons. The van der Waals surface area contributed by atoms with Gasteiger partial charge in [-0.3, -0.25) is 14.5 Å². The molecule has 0 saturated carbocycles. The molecule has 2 aromatic rings. The molecular weight excluding hydrogens is 454 g/mol. The summed E-state index contributed by atoms with van der Waals surface area (Å²) in [5, 5.41) is 5.34. The van der Waals surface area contributed by atoms with Gasteiger partial charge in [0, 0.05) is 11.0 Å². The third kappa shape index (κ3) is 4.35. The van der Waals surface area contributed by atoms with Gasteiger partial charge in [-0.05, 0) is 42.3 Å². The maximum absolute atomic E-state index is 12.9. The number of carbonyl (C=O) groups excluding carboxylic acids is 4. The average Bonchev–Trinajstić information content (AvgIpc) is 2.96. The van der Waals surface area contributed by atoms with Gasteiger partial charge in [-0.2, -0.15) is 0 Å². The summed E-state index contributed by atoms with van der Waals surface area (Å²) >= 11 is 3.36. The first kappa shape index (κ1) is 21.5. The van der Waals surface area contributed by atoms with Crippen LogP contribution in [0, 0.1) is 0 Å². The van der Waals surface area contributed by atoms with Crippen molar-refractivity contribution >= 4 is 39.7 Å². The standard InChI is InChI=1S/C21H20BrN3O5/c1-21(15-4-3-5-16(22)10-15)19(28)25(20(29)24-21)12-17(26)23-11-13-6-8-14(9-7-13)18(27)30-2/h3-10H,11-12H2,1-2H3,(H,23,26)(H,24,29)/t21-/m1/s1. The Labute approximate surface area is 181 Å². The number of nitrogens with zero attached hydrogens (tertiary/aromatic N) is 1. The molecule has 3 rings (SSSR count). The van der Waals surface area contributed by atoms with Gasteiger partial charge >= 0.3 is 12.0 Å². The molecule has 1 aliphatic heterocycles. The van der Waals surface area contributed by atoms with E-state index in [2.05, 4.69) is 31.3 Å². The normalized spacial score (nSPS) is 18.2. The predicted molar refractivity (Wildman–Crippen MR) is 111 cm³/mol. The summed E-state index contributed by atoms with van der Waals surface area (Å²) in [5.74, 6) is -1.42. The number of esters is 1. The van der Waals surface area contributed by atoms with Gasteiger partial charge < -0.3 is 15.4 Å². The molecule has 0 bridgehead atoms. The smallest absolute Gasteiger partial charge is 0.337 e. The minimum absolute atomic E-state index is 0.187. The van der Waals surface area contributed by atoms with E-state index >= 15 is 0 Å². The molecule has 1 saturated heterocycles. The molecular formula is C21H20BrN3O5. The summed E-state index contributed by atoms with van der Waals surface area (Å²) < 4.78 is 5.41. The minimum Gasteiger partial charge on any atom is -0.465 e. The molecule has 2 N–H and O–H groups in total. The number of methoxy groups -OCH3 is 1. The summed E-state index contributed by atoms with van der Waals surface area (Å²) in [6, 6.07) is 13.0. The Morgan fingerprint density at radius 3 is 2.50 bits per heavy atom. The third-order valence-electron chi connectivity index (χ3n) is 4.84. The van der Waals surface area contributed by atoms with E-state index in [9.17, 15) is 19.2 Å². The van der Waals surface area contributed by atoms with Crippen LogP contribution in [0.15, 0.2) is 53.0 Å². The van der Waals surface area contributed by atoms with E-state index in [-0.39, 0.29) is 6.54 Å². The van der Waals surface area contributed by atoms with Crippen LogP contribution in [-0.2, 0) is 26.4 Å². The van der Waals surface area contributed by atoms with Gasteiger partial charge in [0.1, 0.15) is 12.1 Å². The Hall–Kier alpha value is -3.20. The fourth-order valence-electron chi connectivity index (χ4n) is 3.11. The van der Waals surface area contributed by atoms with Crippen molar-refractivity contribution in [3.63, 3.8) is 0 Å². The third-order valence-corrected chi connectivity index (χ3v) is 5.34. The van der Waals surface area contributed by atoms with Gasteiger partial charge in [0.25, 0.3) is 5.91 Å². The van der Waals surface area contributed by atoms with E-state index < -0.39 is 35.9 Å². The molecule has 1 aliphatic rings. The molecule has 30 heavy (non-hydrogen) atoms. The second-order valence-electron chi connectivity index (χ2n) is 6.92. The van der Waals surface area contributed by atoms with Gasteiger partial charge in [-0.25, -0.2) is 9.59 Å². The lowest BCUT2D eigenvalue weighted by molar-refractivity contribution is -0.134. The van der Waals surface area contributed by atoms with Crippen LogP contribution in [0.5, 0.6) is 0 Å². The maximum Gasteiger partial charge on any atom is 0.337 e. The van der Waals surface area contributed by atoms with E-state index in [0.717, 1.165) is 14.9 Å². The van der Waals surface area contributed by atoms with Crippen molar-refractivity contribution in [2.45, 2.75) is 19.0 Å². The van der Waals surface area contributed by atoms with E-state index in [0.29, 0.717) is 11.1 Å². The Morgan fingerprint density at radius 2 is 1.87 bits per heavy atom. The lowest BCUT2D eigenvalue weighted by atomic mass is 9.92. The van der Waals surface area contributed by atoms with Crippen LogP contribution in [0.4, 0.5) is 4.79 Å². The van der Waals surface area contributed by atoms with Crippen LogP contribution < -0.4 is 10.6 Å². The molecule has 0 unspecified atom stereocenters. The fourth-order valence-corrected chi connectivity index (χ4v) is 3.51. The lowest BCUT2D eigenvalue weighted by Crippen LogP contribution is -2.43. The summed E-state index contributed by atoms with van der Waals surface area (Å²) in [6.07, 6.45) is 0. The summed E-state index contributed by atoms with van der Waals surface area (Å²) in [4.78, 5) is 49.9. The first-order valence-electron chi connectivity index (χ1n) is 9.08. The number of ether oxygens (including phenoxy) is 1. The lowest BCUT2D eigenvalue weighted by Gasteiger charge is -2.22. The van der Waals surface area contributed by atoms with E-state index in [4.69, 9.17) is 0 Å². The largest absolute Gasteiger partial charge is 0.465 e. The number of halogens is 1. The highest BCUT2D eigenvalue weighted by Crippen LogP contribution is 2.30. The highest BCUT2D eigenvalue weighted by molar-refractivity contribution is 9.10. The van der Waals surface area contributed by atoms with Crippen molar-refractivity contribution in [3.8, 4) is 0 Å². The van der Waals surface area contributed by atoms with Crippen molar-refractivity contribution in [2.24, 2.45) is 0 Å². The number of rotatable bonds is 6. The molecule has 1 fully saturated rings. The van der Waals surface area contributed by atoms with Gasteiger partial charge in [0.15, 0.2) is 0 Å². The van der Waals surface area contributed by atoms with Crippen molar-refractivity contribution in [2.75, 3.05) is 13.7 Å². The molecule has 9 heteroatoms.